The Balaban J connectivity index is 1.29. The lowest BCUT2D eigenvalue weighted by molar-refractivity contribution is -0.120. The zero-order valence-electron chi connectivity index (χ0n) is 20.3. The summed E-state index contributed by atoms with van der Waals surface area (Å²) >= 11 is 6.28. The van der Waals surface area contributed by atoms with Gasteiger partial charge in [-0.1, -0.05) is 53.6 Å². The molecule has 0 radical (unpaired) electrons. The lowest BCUT2D eigenvalue weighted by atomic mass is 10.1. The quantitative estimate of drug-likeness (QED) is 0.271. The molecule has 38 heavy (non-hydrogen) atoms. The summed E-state index contributed by atoms with van der Waals surface area (Å²) in [5, 5.41) is 5.51. The molecular weight excluding hydrogens is 502 g/mol. The van der Waals surface area contributed by atoms with Crippen molar-refractivity contribution in [2.75, 3.05) is 15.5 Å². The number of nitrogens with zero attached hydrogens (tertiary/aromatic N) is 1. The van der Waals surface area contributed by atoms with E-state index in [1.165, 1.54) is 0 Å². The highest BCUT2D eigenvalue weighted by atomic mass is 35.5. The molecule has 1 aliphatic rings. The van der Waals surface area contributed by atoms with E-state index < -0.39 is 11.8 Å². The first-order valence-electron chi connectivity index (χ1n) is 11.8. The molecule has 7 nitrogen and oxygen atoms in total. The Morgan fingerprint density at radius 2 is 1.45 bits per heavy atom. The number of ether oxygens (including phenoxy) is 1. The van der Waals surface area contributed by atoms with Crippen molar-refractivity contribution in [3.8, 4) is 11.5 Å². The van der Waals surface area contributed by atoms with Crippen molar-refractivity contribution in [1.29, 1.82) is 0 Å². The smallest absolute Gasteiger partial charge is 0.283 e. The predicted molar refractivity (Wildman–Crippen MR) is 148 cm³/mol. The van der Waals surface area contributed by atoms with E-state index in [2.05, 4.69) is 10.6 Å². The Morgan fingerprint density at radius 3 is 2.16 bits per heavy atom. The van der Waals surface area contributed by atoms with Crippen LogP contribution in [0.3, 0.4) is 0 Å². The van der Waals surface area contributed by atoms with Crippen molar-refractivity contribution in [2.24, 2.45) is 0 Å². The van der Waals surface area contributed by atoms with Gasteiger partial charge in [0.25, 0.3) is 17.7 Å². The molecule has 0 unspecified atom stereocenters. The second kappa shape index (κ2) is 10.6. The molecule has 0 bridgehead atoms. The summed E-state index contributed by atoms with van der Waals surface area (Å²) < 4.78 is 5.77. The molecule has 0 atom stereocenters. The molecule has 188 valence electrons. The fraction of sp³-hybridized carbons (Fsp3) is 0.0333. The highest BCUT2D eigenvalue weighted by Crippen LogP contribution is 2.32. The van der Waals surface area contributed by atoms with Gasteiger partial charge in [0, 0.05) is 16.9 Å². The number of benzene rings is 4. The maximum atomic E-state index is 13.2. The first-order chi connectivity index (χ1) is 18.4. The van der Waals surface area contributed by atoms with Crippen molar-refractivity contribution in [3.63, 3.8) is 0 Å². The number of anilines is 3. The van der Waals surface area contributed by atoms with Crippen molar-refractivity contribution in [2.45, 2.75) is 6.92 Å². The van der Waals surface area contributed by atoms with Gasteiger partial charge in [0.1, 0.15) is 22.2 Å². The van der Waals surface area contributed by atoms with E-state index in [0.29, 0.717) is 34.1 Å². The highest BCUT2D eigenvalue weighted by molar-refractivity contribution is 6.53. The Bertz CT molecular complexity index is 1550. The van der Waals surface area contributed by atoms with Crippen LogP contribution in [0.5, 0.6) is 11.5 Å². The van der Waals surface area contributed by atoms with E-state index in [-0.39, 0.29) is 16.6 Å². The number of halogens is 1. The Hall–Kier alpha value is -4.88. The molecule has 8 heteroatoms. The molecule has 4 aromatic carbocycles. The van der Waals surface area contributed by atoms with E-state index in [1.54, 1.807) is 48.5 Å². The molecule has 2 N–H and O–H groups in total. The third-order valence-electron chi connectivity index (χ3n) is 5.80. The average Bonchev–Trinajstić information content (AvgIpc) is 3.14. The monoisotopic (exact) mass is 523 g/mol. The SMILES string of the molecule is Cc1ccc(NC(=O)c2cccc(NC3=C(Cl)C(=O)N(c4ccc(Oc5ccccc5)cc4)C3=O)c2)cc1. The molecule has 1 heterocycles. The van der Waals surface area contributed by atoms with E-state index in [1.807, 2.05) is 61.5 Å². The molecular formula is C30H22ClN3O4. The highest BCUT2D eigenvalue weighted by Gasteiger charge is 2.39. The number of para-hydroxylation sites is 1. The largest absolute Gasteiger partial charge is 0.457 e. The first kappa shape index (κ1) is 24.8. The summed E-state index contributed by atoms with van der Waals surface area (Å²) in [4.78, 5) is 39.8. The van der Waals surface area contributed by atoms with Crippen molar-refractivity contribution >= 4 is 46.4 Å². The molecule has 0 saturated carbocycles. The summed E-state index contributed by atoms with van der Waals surface area (Å²) in [7, 11) is 0. The van der Waals surface area contributed by atoms with E-state index in [9.17, 15) is 14.4 Å². The van der Waals surface area contributed by atoms with Crippen molar-refractivity contribution in [3.05, 3.63) is 125 Å². The third kappa shape index (κ3) is 5.28. The van der Waals surface area contributed by atoms with Crippen LogP contribution in [-0.4, -0.2) is 17.7 Å². The zero-order chi connectivity index (χ0) is 26.6. The molecule has 0 fully saturated rings. The van der Waals surface area contributed by atoms with Crippen molar-refractivity contribution in [1.82, 2.24) is 0 Å². The van der Waals surface area contributed by atoms with Gasteiger partial charge < -0.3 is 15.4 Å². The molecule has 0 aliphatic carbocycles. The number of aryl methyl sites for hydroxylation is 1. The summed E-state index contributed by atoms with van der Waals surface area (Å²) in [6.07, 6.45) is 0. The predicted octanol–water partition coefficient (Wildman–Crippen LogP) is 6.48. The molecule has 3 amide bonds. The van der Waals surface area contributed by atoms with Gasteiger partial charge in [0.05, 0.1) is 5.69 Å². The van der Waals surface area contributed by atoms with Gasteiger partial charge >= 0.3 is 0 Å². The lowest BCUT2D eigenvalue weighted by Gasteiger charge is -2.16. The maximum Gasteiger partial charge on any atom is 0.283 e. The normalized spacial score (nSPS) is 13.1. The van der Waals surface area contributed by atoms with E-state index in [0.717, 1.165) is 10.5 Å². The fourth-order valence-corrected chi connectivity index (χ4v) is 4.07. The lowest BCUT2D eigenvalue weighted by Crippen LogP contribution is -2.32. The van der Waals surface area contributed by atoms with Gasteiger partial charge in [-0.2, -0.15) is 0 Å². The number of rotatable bonds is 7. The first-order valence-corrected chi connectivity index (χ1v) is 12.1. The number of carbonyl (C=O) groups is 3. The summed E-state index contributed by atoms with van der Waals surface area (Å²) in [5.41, 5.74) is 2.83. The van der Waals surface area contributed by atoms with Crippen LogP contribution in [0.15, 0.2) is 114 Å². The second-order valence-electron chi connectivity index (χ2n) is 8.57. The van der Waals surface area contributed by atoms with Crippen LogP contribution in [-0.2, 0) is 9.59 Å². The summed E-state index contributed by atoms with van der Waals surface area (Å²) in [5.74, 6) is -0.349. The van der Waals surface area contributed by atoms with Crippen LogP contribution in [0.4, 0.5) is 17.1 Å². The zero-order valence-corrected chi connectivity index (χ0v) is 21.0. The van der Waals surface area contributed by atoms with E-state index >= 15 is 0 Å². The van der Waals surface area contributed by atoms with Gasteiger partial charge in [-0.05, 0) is 73.7 Å². The van der Waals surface area contributed by atoms with Crippen LogP contribution in [0.1, 0.15) is 15.9 Å². The van der Waals surface area contributed by atoms with Crippen molar-refractivity contribution < 1.29 is 19.1 Å². The Labute approximate surface area is 224 Å². The number of hydrogen-bond donors (Lipinski definition) is 2. The minimum absolute atomic E-state index is 0.0719. The maximum absolute atomic E-state index is 13.2. The topological polar surface area (TPSA) is 87.7 Å². The number of nitrogens with one attached hydrogen (secondary N) is 2. The average molecular weight is 524 g/mol. The van der Waals surface area contributed by atoms with Crippen LogP contribution < -0.4 is 20.3 Å². The molecule has 1 aliphatic heterocycles. The van der Waals surface area contributed by atoms with Crippen LogP contribution >= 0.6 is 11.6 Å². The second-order valence-corrected chi connectivity index (χ2v) is 8.95. The third-order valence-corrected chi connectivity index (χ3v) is 6.16. The number of imide groups is 1. The van der Waals surface area contributed by atoms with Gasteiger partial charge in [-0.3, -0.25) is 14.4 Å². The van der Waals surface area contributed by atoms with Crippen LogP contribution in [0.25, 0.3) is 0 Å². The number of carbonyl (C=O) groups excluding carboxylic acids is 3. The minimum atomic E-state index is -0.649. The fourth-order valence-electron chi connectivity index (χ4n) is 3.86. The Morgan fingerprint density at radius 1 is 0.763 bits per heavy atom. The van der Waals surface area contributed by atoms with E-state index in [4.69, 9.17) is 16.3 Å². The Kier molecular flexibility index (Phi) is 6.93. The van der Waals surface area contributed by atoms with Gasteiger partial charge in [-0.25, -0.2) is 4.90 Å². The van der Waals surface area contributed by atoms with Gasteiger partial charge in [0.15, 0.2) is 0 Å². The standard InChI is InChI=1S/C30H22ClN3O4/c1-19-10-12-21(13-11-19)33-28(35)20-6-5-7-22(18-20)32-27-26(31)29(36)34(30(27)37)23-14-16-25(17-15-23)38-24-8-3-2-4-9-24/h2-18,32H,1H3,(H,33,35). The summed E-state index contributed by atoms with van der Waals surface area (Å²) in [6.45, 7) is 1.96. The van der Waals surface area contributed by atoms with Crippen LogP contribution in [0.2, 0.25) is 0 Å². The molecule has 5 rings (SSSR count). The molecule has 4 aromatic rings. The van der Waals surface area contributed by atoms with Gasteiger partial charge in [-0.15, -0.1) is 0 Å². The molecule has 0 spiro atoms. The minimum Gasteiger partial charge on any atom is -0.457 e. The summed E-state index contributed by atoms with van der Waals surface area (Å²) in [6, 6.07) is 29.8. The van der Waals surface area contributed by atoms with Gasteiger partial charge in [0.2, 0.25) is 0 Å². The van der Waals surface area contributed by atoms with Crippen LogP contribution in [0, 0.1) is 6.92 Å². The molecule has 0 aromatic heterocycles. The number of amides is 3. The number of hydrogen-bond acceptors (Lipinski definition) is 5. The molecule has 0 saturated heterocycles.